The average Bonchev–Trinajstić information content (AvgIpc) is 2.90. The maximum Gasteiger partial charge on any atom is 0.234 e. The lowest BCUT2D eigenvalue weighted by molar-refractivity contribution is 0.0664. The molecule has 0 bridgehead atoms. The SMILES string of the molecule is CCCNc1nc(OCC2CCCO2)c(Cl)cc1Cl. The molecule has 0 radical (unpaired) electrons. The molecule has 1 atom stereocenters. The number of nitrogens with zero attached hydrogens (tertiary/aromatic N) is 1. The maximum atomic E-state index is 6.08. The summed E-state index contributed by atoms with van der Waals surface area (Å²) in [5.74, 6) is 1.01. The fourth-order valence-corrected chi connectivity index (χ4v) is 2.35. The van der Waals surface area contributed by atoms with Crippen LogP contribution in [0.5, 0.6) is 5.88 Å². The van der Waals surface area contributed by atoms with Crippen LogP contribution in [0.1, 0.15) is 26.2 Å². The van der Waals surface area contributed by atoms with Gasteiger partial charge in [-0.15, -0.1) is 0 Å². The van der Waals surface area contributed by atoms with Gasteiger partial charge in [0, 0.05) is 13.2 Å². The van der Waals surface area contributed by atoms with Crippen molar-refractivity contribution in [1.82, 2.24) is 4.98 Å². The van der Waals surface area contributed by atoms with E-state index in [1.54, 1.807) is 6.07 Å². The van der Waals surface area contributed by atoms with Crippen LogP contribution < -0.4 is 10.1 Å². The van der Waals surface area contributed by atoms with Crippen molar-refractivity contribution in [3.63, 3.8) is 0 Å². The van der Waals surface area contributed by atoms with Gasteiger partial charge >= 0.3 is 0 Å². The first kappa shape index (κ1) is 14.7. The predicted octanol–water partition coefficient (Wildman–Crippen LogP) is 3.77. The van der Waals surface area contributed by atoms with Gasteiger partial charge in [0.2, 0.25) is 5.88 Å². The number of aromatic nitrogens is 1. The molecular formula is C13H18Cl2N2O2. The monoisotopic (exact) mass is 304 g/mol. The van der Waals surface area contributed by atoms with Crippen molar-refractivity contribution in [2.75, 3.05) is 25.1 Å². The van der Waals surface area contributed by atoms with E-state index in [0.29, 0.717) is 28.3 Å². The lowest BCUT2D eigenvalue weighted by Crippen LogP contribution is -2.17. The van der Waals surface area contributed by atoms with Crippen LogP contribution in [0.3, 0.4) is 0 Å². The van der Waals surface area contributed by atoms with Gasteiger partial charge in [0.1, 0.15) is 17.4 Å². The fourth-order valence-electron chi connectivity index (χ4n) is 1.87. The second kappa shape index (κ2) is 7.17. The van der Waals surface area contributed by atoms with Crippen LogP contribution in [0.2, 0.25) is 10.0 Å². The Morgan fingerprint density at radius 1 is 1.47 bits per heavy atom. The van der Waals surface area contributed by atoms with E-state index in [1.165, 1.54) is 0 Å². The van der Waals surface area contributed by atoms with Crippen molar-refractivity contribution < 1.29 is 9.47 Å². The molecular weight excluding hydrogens is 287 g/mol. The fraction of sp³-hybridized carbons (Fsp3) is 0.615. The van der Waals surface area contributed by atoms with E-state index < -0.39 is 0 Å². The summed E-state index contributed by atoms with van der Waals surface area (Å²) in [6.07, 6.45) is 3.23. The molecule has 1 aliphatic rings. The lowest BCUT2D eigenvalue weighted by Gasteiger charge is -2.14. The molecule has 1 aromatic rings. The average molecular weight is 305 g/mol. The Labute approximate surface area is 123 Å². The first-order chi connectivity index (χ1) is 9.20. The Morgan fingerprint density at radius 2 is 2.32 bits per heavy atom. The van der Waals surface area contributed by atoms with Gasteiger partial charge in [-0.25, -0.2) is 0 Å². The maximum absolute atomic E-state index is 6.08. The number of nitrogens with one attached hydrogen (secondary N) is 1. The molecule has 0 aromatic carbocycles. The number of pyridine rings is 1. The normalized spacial score (nSPS) is 18.6. The Hall–Kier alpha value is -0.710. The third kappa shape index (κ3) is 4.13. The summed E-state index contributed by atoms with van der Waals surface area (Å²) < 4.78 is 11.1. The minimum Gasteiger partial charge on any atom is -0.474 e. The van der Waals surface area contributed by atoms with Gasteiger partial charge in [0.05, 0.1) is 11.1 Å². The number of hydrogen-bond donors (Lipinski definition) is 1. The van der Waals surface area contributed by atoms with Crippen LogP contribution in [0.4, 0.5) is 5.82 Å². The zero-order valence-corrected chi connectivity index (χ0v) is 12.4. The van der Waals surface area contributed by atoms with Gasteiger partial charge < -0.3 is 14.8 Å². The second-order valence-corrected chi connectivity index (χ2v) is 5.29. The van der Waals surface area contributed by atoms with Crippen LogP contribution >= 0.6 is 23.2 Å². The first-order valence-electron chi connectivity index (χ1n) is 6.55. The van der Waals surface area contributed by atoms with Gasteiger partial charge in [0.15, 0.2) is 0 Å². The summed E-state index contributed by atoms with van der Waals surface area (Å²) in [5, 5.41) is 4.07. The van der Waals surface area contributed by atoms with Crippen LogP contribution in [0.25, 0.3) is 0 Å². The van der Waals surface area contributed by atoms with Crippen molar-refractivity contribution in [3.8, 4) is 5.88 Å². The molecule has 0 saturated carbocycles. The minimum atomic E-state index is 0.139. The summed E-state index contributed by atoms with van der Waals surface area (Å²) in [4.78, 5) is 4.32. The molecule has 0 spiro atoms. The highest BCUT2D eigenvalue weighted by molar-refractivity contribution is 6.36. The summed E-state index contributed by atoms with van der Waals surface area (Å²) in [7, 11) is 0. The summed E-state index contributed by atoms with van der Waals surface area (Å²) in [5.41, 5.74) is 0. The molecule has 19 heavy (non-hydrogen) atoms. The number of hydrogen-bond acceptors (Lipinski definition) is 4. The molecule has 2 heterocycles. The molecule has 1 saturated heterocycles. The minimum absolute atomic E-state index is 0.139. The van der Waals surface area contributed by atoms with Crippen molar-refractivity contribution >= 4 is 29.0 Å². The third-order valence-electron chi connectivity index (χ3n) is 2.87. The number of anilines is 1. The molecule has 1 aromatic heterocycles. The van der Waals surface area contributed by atoms with Crippen LogP contribution in [-0.4, -0.2) is 30.8 Å². The van der Waals surface area contributed by atoms with E-state index in [0.717, 1.165) is 32.4 Å². The van der Waals surface area contributed by atoms with Crippen molar-refractivity contribution in [1.29, 1.82) is 0 Å². The molecule has 1 aliphatic heterocycles. The third-order valence-corrected chi connectivity index (χ3v) is 3.43. The smallest absolute Gasteiger partial charge is 0.234 e. The van der Waals surface area contributed by atoms with E-state index in [1.807, 2.05) is 0 Å². The molecule has 6 heteroatoms. The van der Waals surface area contributed by atoms with Gasteiger partial charge in [-0.2, -0.15) is 4.98 Å². The molecule has 1 unspecified atom stereocenters. The Balaban J connectivity index is 2.01. The number of rotatable bonds is 6. The number of ether oxygens (including phenoxy) is 2. The Bertz CT molecular complexity index is 423. The highest BCUT2D eigenvalue weighted by Crippen LogP contribution is 2.31. The molecule has 0 amide bonds. The quantitative estimate of drug-likeness (QED) is 0.869. The van der Waals surface area contributed by atoms with Gasteiger partial charge in [-0.3, -0.25) is 0 Å². The topological polar surface area (TPSA) is 43.4 Å². The first-order valence-corrected chi connectivity index (χ1v) is 7.30. The Kier molecular flexibility index (Phi) is 5.55. The highest BCUT2D eigenvalue weighted by atomic mass is 35.5. The zero-order valence-electron chi connectivity index (χ0n) is 10.9. The van der Waals surface area contributed by atoms with Gasteiger partial charge in [-0.1, -0.05) is 30.1 Å². The molecule has 0 aliphatic carbocycles. The standard InChI is InChI=1S/C13H18Cl2N2O2/c1-2-5-16-12-10(14)7-11(15)13(17-12)19-8-9-4-3-6-18-9/h7,9H,2-6,8H2,1H3,(H,16,17). The molecule has 106 valence electrons. The van der Waals surface area contributed by atoms with Crippen molar-refractivity contribution in [2.24, 2.45) is 0 Å². The second-order valence-electron chi connectivity index (χ2n) is 4.48. The van der Waals surface area contributed by atoms with Crippen LogP contribution in [0, 0.1) is 0 Å². The molecule has 4 nitrogen and oxygen atoms in total. The molecule has 2 rings (SSSR count). The number of halogens is 2. The van der Waals surface area contributed by atoms with Gasteiger partial charge in [-0.05, 0) is 25.3 Å². The van der Waals surface area contributed by atoms with Crippen molar-refractivity contribution in [3.05, 3.63) is 16.1 Å². The van der Waals surface area contributed by atoms with Gasteiger partial charge in [0.25, 0.3) is 0 Å². The largest absolute Gasteiger partial charge is 0.474 e. The predicted molar refractivity (Wildman–Crippen MR) is 77.5 cm³/mol. The lowest BCUT2D eigenvalue weighted by atomic mass is 10.2. The van der Waals surface area contributed by atoms with Crippen LogP contribution in [0.15, 0.2) is 6.07 Å². The van der Waals surface area contributed by atoms with E-state index in [9.17, 15) is 0 Å². The van der Waals surface area contributed by atoms with Crippen molar-refractivity contribution in [2.45, 2.75) is 32.3 Å². The summed E-state index contributed by atoms with van der Waals surface area (Å²) in [6, 6.07) is 1.65. The van der Waals surface area contributed by atoms with E-state index in [2.05, 4.69) is 17.2 Å². The Morgan fingerprint density at radius 3 is 3.00 bits per heavy atom. The molecule has 1 fully saturated rings. The van der Waals surface area contributed by atoms with E-state index in [-0.39, 0.29) is 6.10 Å². The summed E-state index contributed by atoms with van der Waals surface area (Å²) in [6.45, 7) is 4.16. The highest BCUT2D eigenvalue weighted by Gasteiger charge is 2.18. The zero-order chi connectivity index (χ0) is 13.7. The van der Waals surface area contributed by atoms with E-state index >= 15 is 0 Å². The summed E-state index contributed by atoms with van der Waals surface area (Å²) >= 11 is 12.2. The van der Waals surface area contributed by atoms with E-state index in [4.69, 9.17) is 32.7 Å². The van der Waals surface area contributed by atoms with Crippen LogP contribution in [-0.2, 0) is 4.74 Å². The molecule has 1 N–H and O–H groups in total.